The lowest BCUT2D eigenvalue weighted by Gasteiger charge is -2.44. The fourth-order valence-corrected chi connectivity index (χ4v) is 12.3. The molecule has 1 unspecified atom stereocenters. The minimum atomic E-state index is -5.25. The van der Waals surface area contributed by atoms with Gasteiger partial charge in [0.25, 0.3) is 5.91 Å². The highest BCUT2D eigenvalue weighted by molar-refractivity contribution is 8.13. The van der Waals surface area contributed by atoms with Gasteiger partial charge in [-0.1, -0.05) is 49.9 Å². The maximum absolute atomic E-state index is 16.5. The molecule has 5 aliphatic rings. The molecule has 1 aromatic heterocycles. The van der Waals surface area contributed by atoms with E-state index in [1.807, 2.05) is 13.8 Å². The molecule has 4 amide bonds. The molecule has 1 saturated carbocycles. The summed E-state index contributed by atoms with van der Waals surface area (Å²) in [7, 11) is -5.25. The summed E-state index contributed by atoms with van der Waals surface area (Å²) in [6, 6.07) is 11.0. The van der Waals surface area contributed by atoms with Crippen LogP contribution in [-0.4, -0.2) is 113 Å². The van der Waals surface area contributed by atoms with Gasteiger partial charge in [-0.25, -0.2) is 4.57 Å². The summed E-state index contributed by atoms with van der Waals surface area (Å²) >= 11 is 1.99. The van der Waals surface area contributed by atoms with Crippen molar-refractivity contribution >= 4 is 69.5 Å². The Bertz CT molecular complexity index is 2200. The second-order valence-electron chi connectivity index (χ2n) is 17.1. The number of alkyl halides is 2. The maximum atomic E-state index is 16.5. The zero-order valence-corrected chi connectivity index (χ0v) is 36.7. The Morgan fingerprint density at radius 2 is 1.70 bits per heavy atom. The van der Waals surface area contributed by atoms with Gasteiger partial charge in [0, 0.05) is 54.7 Å². The van der Waals surface area contributed by atoms with Gasteiger partial charge in [-0.15, -0.1) is 11.3 Å². The maximum Gasteiger partial charge on any atom is 0.453 e. The van der Waals surface area contributed by atoms with E-state index in [0.29, 0.717) is 81.1 Å². The summed E-state index contributed by atoms with van der Waals surface area (Å²) in [5.41, 5.74) is -4.77. The molecule has 4 saturated heterocycles. The Morgan fingerprint density at radius 3 is 2.44 bits per heavy atom. The number of thiophene rings is 1. The van der Waals surface area contributed by atoms with E-state index < -0.39 is 43.4 Å². The third kappa shape index (κ3) is 9.41. The Kier molecular flexibility index (Phi) is 13.0. The number of hydrogen-bond acceptors (Lipinski definition) is 11. The van der Waals surface area contributed by atoms with Crippen molar-refractivity contribution in [3.05, 3.63) is 65.0 Å². The number of halogens is 2. The summed E-state index contributed by atoms with van der Waals surface area (Å²) in [5, 5.41) is 3.11. The van der Waals surface area contributed by atoms with Gasteiger partial charge in [0.05, 0.1) is 30.6 Å². The normalized spacial score (nSPS) is 25.2. The number of nitrogens with one attached hydrogen (secondary N) is 1. The molecule has 2 aromatic carbocycles. The second-order valence-corrected chi connectivity index (χ2v) is 21.3. The molecule has 4 aliphatic heterocycles. The van der Waals surface area contributed by atoms with Crippen molar-refractivity contribution in [1.29, 1.82) is 0 Å². The van der Waals surface area contributed by atoms with E-state index in [2.05, 4.69) is 5.32 Å². The van der Waals surface area contributed by atoms with E-state index in [4.69, 9.17) is 13.8 Å². The van der Waals surface area contributed by atoms with Crippen LogP contribution in [0, 0.1) is 23.7 Å². The Morgan fingerprint density at radius 1 is 0.967 bits per heavy atom. The van der Waals surface area contributed by atoms with Crippen molar-refractivity contribution in [2.45, 2.75) is 76.2 Å². The van der Waals surface area contributed by atoms with Crippen LogP contribution in [0.5, 0.6) is 5.75 Å². The molecule has 1 aliphatic carbocycles. The molecule has 3 aromatic rings. The number of carbonyl (C=O) groups excluding carboxylic acids is 5. The molecule has 328 valence electrons. The average Bonchev–Trinajstić information content (AvgIpc) is 3.57. The summed E-state index contributed by atoms with van der Waals surface area (Å²) < 4.78 is 63.7. The molecule has 8 rings (SSSR count). The molecule has 5 heterocycles. The molecular formula is C43H51F2N4O9PS2. The van der Waals surface area contributed by atoms with Gasteiger partial charge in [-0.2, -0.15) is 8.78 Å². The predicted molar refractivity (Wildman–Crippen MR) is 226 cm³/mol. The SMILES string of the molecule is CC(C)CC(=O)SCCOP(=O)(Oc1ccccc1)C(F)(F)c1ccc2sc(C(=O)N[C@H]3C[C@@H]4C[C@@H]4C[C@H]4CC[C@@H](C(=O)N5CC(C(=O)N6CCOCC6)C5)N4C3=O)cc2c1. The smallest absolute Gasteiger partial charge is 0.420 e. The highest BCUT2D eigenvalue weighted by atomic mass is 32.2. The van der Waals surface area contributed by atoms with Gasteiger partial charge < -0.3 is 29.3 Å². The van der Waals surface area contributed by atoms with Crippen LogP contribution >= 0.6 is 30.7 Å². The lowest BCUT2D eigenvalue weighted by atomic mass is 9.96. The van der Waals surface area contributed by atoms with E-state index in [1.165, 1.54) is 24.3 Å². The third-order valence-corrected chi connectivity index (χ3v) is 16.2. The number of hydrogen-bond donors (Lipinski definition) is 1. The van der Waals surface area contributed by atoms with Crippen LogP contribution in [0.4, 0.5) is 8.78 Å². The highest BCUT2D eigenvalue weighted by Crippen LogP contribution is 2.66. The summed E-state index contributed by atoms with van der Waals surface area (Å²) in [6.07, 6.45) is 3.69. The molecular weight excluding hydrogens is 850 g/mol. The average molecular weight is 901 g/mol. The zero-order valence-electron chi connectivity index (χ0n) is 34.2. The number of para-hydroxylation sites is 1. The van der Waals surface area contributed by atoms with Gasteiger partial charge in [0.15, 0.2) is 5.12 Å². The van der Waals surface area contributed by atoms with Crippen molar-refractivity contribution in [1.82, 2.24) is 20.0 Å². The number of likely N-dealkylation sites (tertiary alicyclic amines) is 1. The van der Waals surface area contributed by atoms with E-state index in [9.17, 15) is 28.5 Å². The third-order valence-electron chi connectivity index (χ3n) is 12.3. The predicted octanol–water partition coefficient (Wildman–Crippen LogP) is 6.75. The number of nitrogens with zero attached hydrogens (tertiary/aromatic N) is 3. The summed E-state index contributed by atoms with van der Waals surface area (Å²) in [5.74, 6) is -0.539. The summed E-state index contributed by atoms with van der Waals surface area (Å²) in [4.78, 5) is 72.7. The standard InChI is InChI=1S/C43H51F2N4O9PS2/c1-26(2)18-38(50)60-17-16-57-59(55,58-33-6-4-3-5-7-33)43(44,45)31-8-11-36-29(20-31)23-37(61-36)39(51)46-34-22-28-19-27(28)21-32-9-10-35(49(32)41(34)53)42(54)48-24-30(25-48)40(52)47-12-14-56-15-13-47/h3-8,11,20,23,26-28,30,32,34-35H,9-10,12-19,21-22,24-25H2,1-2H3,(H,46,51)/t27-,28+,32-,34+,35+,59?/m1/s1. The van der Waals surface area contributed by atoms with Crippen LogP contribution in [0.1, 0.15) is 67.6 Å². The van der Waals surface area contributed by atoms with Crippen LogP contribution in [0.2, 0.25) is 0 Å². The number of amides is 4. The molecule has 0 radical (unpaired) electrons. The minimum absolute atomic E-state index is 0.00283. The Balaban J connectivity index is 0.953. The van der Waals surface area contributed by atoms with Crippen molar-refractivity contribution in [2.75, 3.05) is 51.8 Å². The molecule has 1 N–H and O–H groups in total. The van der Waals surface area contributed by atoms with Crippen LogP contribution < -0.4 is 9.84 Å². The molecule has 61 heavy (non-hydrogen) atoms. The number of thioether (sulfide) groups is 1. The first kappa shape index (κ1) is 43.7. The van der Waals surface area contributed by atoms with Crippen LogP contribution in [-0.2, 0) is 38.7 Å². The topological polar surface area (TPSA) is 152 Å². The second kappa shape index (κ2) is 18.1. The quantitative estimate of drug-likeness (QED) is 0.136. The first-order valence-electron chi connectivity index (χ1n) is 21.1. The first-order valence-corrected chi connectivity index (χ1v) is 24.4. The van der Waals surface area contributed by atoms with Crippen molar-refractivity contribution in [3.8, 4) is 5.75 Å². The van der Waals surface area contributed by atoms with Gasteiger partial charge in [-0.05, 0) is 85.6 Å². The lowest BCUT2D eigenvalue weighted by molar-refractivity contribution is -0.156. The fraction of sp³-hybridized carbons (Fsp3) is 0.558. The van der Waals surface area contributed by atoms with Crippen LogP contribution in [0.3, 0.4) is 0 Å². The summed E-state index contributed by atoms with van der Waals surface area (Å²) in [6.45, 7) is 6.06. The molecule has 0 spiro atoms. The minimum Gasteiger partial charge on any atom is -0.420 e. The van der Waals surface area contributed by atoms with Gasteiger partial charge >= 0.3 is 13.3 Å². The van der Waals surface area contributed by atoms with Gasteiger partial charge in [0.1, 0.15) is 17.8 Å². The number of benzene rings is 2. The number of rotatable bonds is 14. The van der Waals surface area contributed by atoms with Gasteiger partial charge in [-0.3, -0.25) is 28.5 Å². The highest BCUT2D eigenvalue weighted by Gasteiger charge is 2.57. The molecule has 6 atom stereocenters. The first-order chi connectivity index (χ1) is 29.2. The molecule has 0 bridgehead atoms. The van der Waals surface area contributed by atoms with Crippen molar-refractivity contribution in [2.24, 2.45) is 23.7 Å². The van der Waals surface area contributed by atoms with E-state index in [-0.39, 0.29) is 63.0 Å². The van der Waals surface area contributed by atoms with Crippen LogP contribution in [0.15, 0.2) is 54.6 Å². The molecule has 5 fully saturated rings. The monoisotopic (exact) mass is 900 g/mol. The largest absolute Gasteiger partial charge is 0.453 e. The fourth-order valence-electron chi connectivity index (χ4n) is 8.92. The van der Waals surface area contributed by atoms with Gasteiger partial charge in [0.2, 0.25) is 17.7 Å². The van der Waals surface area contributed by atoms with E-state index in [1.54, 1.807) is 32.9 Å². The zero-order chi connectivity index (χ0) is 43.1. The lowest BCUT2D eigenvalue weighted by Crippen LogP contribution is -2.62. The molecule has 13 nitrogen and oxygen atoms in total. The Hall–Kier alpha value is -3.89. The number of ether oxygens (including phenoxy) is 1. The van der Waals surface area contributed by atoms with Crippen molar-refractivity contribution < 1.29 is 51.1 Å². The number of fused-ring (bicyclic) bond motifs is 3. The van der Waals surface area contributed by atoms with Crippen molar-refractivity contribution in [3.63, 3.8) is 0 Å². The number of morpholine rings is 1. The van der Waals surface area contributed by atoms with E-state index in [0.717, 1.165) is 48.1 Å². The van der Waals surface area contributed by atoms with E-state index >= 15 is 8.78 Å². The van der Waals surface area contributed by atoms with Crippen LogP contribution in [0.25, 0.3) is 10.1 Å². The number of carbonyl (C=O) groups is 5. The Labute approximate surface area is 361 Å². The molecule has 18 heteroatoms.